The standard InChI is InChI=1S/C16H21N3O/c1-3-6-11(2)19-16(20)14(17)9-12-10-18-15-8-5-4-7-13(12)15/h3-5,7-8,10-11,14,18H,1,6,9,17H2,2H3,(H,19,20). The number of hydrogen-bond acceptors (Lipinski definition) is 2. The minimum absolute atomic E-state index is 0.0639. The number of amides is 1. The largest absolute Gasteiger partial charge is 0.361 e. The summed E-state index contributed by atoms with van der Waals surface area (Å²) < 4.78 is 0. The van der Waals surface area contributed by atoms with Gasteiger partial charge in [-0.2, -0.15) is 0 Å². The number of nitrogens with one attached hydrogen (secondary N) is 2. The Morgan fingerprint density at radius 2 is 2.25 bits per heavy atom. The number of aromatic nitrogens is 1. The predicted molar refractivity (Wildman–Crippen MR) is 82.4 cm³/mol. The first-order valence-corrected chi connectivity index (χ1v) is 6.83. The number of hydrogen-bond donors (Lipinski definition) is 3. The zero-order valence-electron chi connectivity index (χ0n) is 11.7. The molecule has 0 aliphatic rings. The Labute approximate surface area is 119 Å². The number of nitrogens with two attached hydrogens (primary N) is 1. The monoisotopic (exact) mass is 271 g/mol. The van der Waals surface area contributed by atoms with E-state index in [-0.39, 0.29) is 11.9 Å². The van der Waals surface area contributed by atoms with Crippen molar-refractivity contribution in [2.45, 2.75) is 31.8 Å². The van der Waals surface area contributed by atoms with Gasteiger partial charge < -0.3 is 16.0 Å². The molecule has 0 saturated heterocycles. The van der Waals surface area contributed by atoms with E-state index in [9.17, 15) is 4.79 Å². The van der Waals surface area contributed by atoms with Gasteiger partial charge in [0.1, 0.15) is 0 Å². The SMILES string of the molecule is C=CCC(C)NC(=O)C(N)Cc1c[nH]c2ccccc12. The first-order chi connectivity index (χ1) is 9.61. The Hall–Kier alpha value is -2.07. The maximum Gasteiger partial charge on any atom is 0.237 e. The molecule has 2 rings (SSSR count). The number of benzene rings is 1. The number of fused-ring (bicyclic) bond motifs is 1. The first-order valence-electron chi connectivity index (χ1n) is 6.83. The summed E-state index contributed by atoms with van der Waals surface area (Å²) >= 11 is 0. The quantitative estimate of drug-likeness (QED) is 0.704. The summed E-state index contributed by atoms with van der Waals surface area (Å²) in [7, 11) is 0. The van der Waals surface area contributed by atoms with E-state index in [1.807, 2.05) is 37.4 Å². The van der Waals surface area contributed by atoms with Gasteiger partial charge in [0.15, 0.2) is 0 Å². The second kappa shape index (κ2) is 6.39. The van der Waals surface area contributed by atoms with Crippen molar-refractivity contribution in [2.24, 2.45) is 5.73 Å². The highest BCUT2D eigenvalue weighted by Crippen LogP contribution is 2.18. The molecule has 0 saturated carbocycles. The lowest BCUT2D eigenvalue weighted by molar-refractivity contribution is -0.122. The molecule has 106 valence electrons. The van der Waals surface area contributed by atoms with Crippen molar-refractivity contribution in [3.63, 3.8) is 0 Å². The third kappa shape index (κ3) is 3.27. The van der Waals surface area contributed by atoms with Gasteiger partial charge in [-0.3, -0.25) is 4.79 Å². The fraction of sp³-hybridized carbons (Fsp3) is 0.312. The third-order valence-corrected chi connectivity index (χ3v) is 3.36. The molecule has 2 aromatic rings. The molecule has 0 fully saturated rings. The minimum Gasteiger partial charge on any atom is -0.361 e. The Kier molecular flexibility index (Phi) is 4.58. The molecule has 0 bridgehead atoms. The average Bonchev–Trinajstić information content (AvgIpc) is 2.82. The number of rotatable bonds is 6. The van der Waals surface area contributed by atoms with Gasteiger partial charge in [0.25, 0.3) is 0 Å². The zero-order chi connectivity index (χ0) is 14.5. The smallest absolute Gasteiger partial charge is 0.237 e. The highest BCUT2D eigenvalue weighted by Gasteiger charge is 2.17. The van der Waals surface area contributed by atoms with Crippen molar-refractivity contribution in [2.75, 3.05) is 0 Å². The summed E-state index contributed by atoms with van der Waals surface area (Å²) in [6.07, 6.45) is 4.98. The molecule has 4 N–H and O–H groups in total. The van der Waals surface area contributed by atoms with Crippen LogP contribution in [0.5, 0.6) is 0 Å². The van der Waals surface area contributed by atoms with Gasteiger partial charge in [-0.1, -0.05) is 24.3 Å². The molecule has 1 aromatic carbocycles. The van der Waals surface area contributed by atoms with Gasteiger partial charge in [-0.25, -0.2) is 0 Å². The number of carbonyl (C=O) groups is 1. The third-order valence-electron chi connectivity index (χ3n) is 3.36. The second-order valence-electron chi connectivity index (χ2n) is 5.10. The summed E-state index contributed by atoms with van der Waals surface area (Å²) in [5, 5.41) is 4.02. The van der Waals surface area contributed by atoms with Crippen molar-refractivity contribution in [3.05, 3.63) is 48.7 Å². The topological polar surface area (TPSA) is 70.9 Å². The Morgan fingerprint density at radius 3 is 3.00 bits per heavy atom. The van der Waals surface area contributed by atoms with E-state index in [0.717, 1.165) is 22.9 Å². The Morgan fingerprint density at radius 1 is 1.50 bits per heavy atom. The summed E-state index contributed by atoms with van der Waals surface area (Å²) in [6.45, 7) is 5.60. The number of aromatic amines is 1. The lowest BCUT2D eigenvalue weighted by Gasteiger charge is -2.16. The lowest BCUT2D eigenvalue weighted by atomic mass is 10.0. The molecular weight excluding hydrogens is 250 g/mol. The van der Waals surface area contributed by atoms with Gasteiger partial charge in [-0.15, -0.1) is 6.58 Å². The number of carbonyl (C=O) groups excluding carboxylic acids is 1. The molecule has 0 spiro atoms. The highest BCUT2D eigenvalue weighted by molar-refractivity contribution is 5.86. The normalized spacial score (nSPS) is 13.9. The molecule has 20 heavy (non-hydrogen) atoms. The van der Waals surface area contributed by atoms with E-state index < -0.39 is 6.04 Å². The first kappa shape index (κ1) is 14.3. The summed E-state index contributed by atoms with van der Waals surface area (Å²) in [6, 6.07) is 7.53. The van der Waals surface area contributed by atoms with E-state index in [0.29, 0.717) is 6.42 Å². The number of para-hydroxylation sites is 1. The molecule has 4 nitrogen and oxygen atoms in total. The maximum absolute atomic E-state index is 12.0. The Balaban J connectivity index is 2.02. The van der Waals surface area contributed by atoms with Crippen molar-refractivity contribution in [1.29, 1.82) is 0 Å². The zero-order valence-corrected chi connectivity index (χ0v) is 11.7. The molecule has 2 atom stereocenters. The second-order valence-corrected chi connectivity index (χ2v) is 5.10. The van der Waals surface area contributed by atoms with Crippen LogP contribution < -0.4 is 11.1 Å². The van der Waals surface area contributed by atoms with Crippen molar-refractivity contribution >= 4 is 16.8 Å². The molecular formula is C16H21N3O. The highest BCUT2D eigenvalue weighted by atomic mass is 16.2. The van der Waals surface area contributed by atoms with Crippen LogP contribution in [0.3, 0.4) is 0 Å². The van der Waals surface area contributed by atoms with Gasteiger partial charge >= 0.3 is 0 Å². The molecule has 1 aromatic heterocycles. The summed E-state index contributed by atoms with van der Waals surface area (Å²) in [4.78, 5) is 15.2. The molecule has 0 radical (unpaired) electrons. The summed E-state index contributed by atoms with van der Waals surface area (Å²) in [5.74, 6) is -0.121. The fourth-order valence-electron chi connectivity index (χ4n) is 2.29. The van der Waals surface area contributed by atoms with Crippen LogP contribution in [0, 0.1) is 0 Å². The molecule has 1 heterocycles. The van der Waals surface area contributed by atoms with Crippen LogP contribution in [0.2, 0.25) is 0 Å². The van der Waals surface area contributed by atoms with Crippen LogP contribution in [0.25, 0.3) is 10.9 Å². The van der Waals surface area contributed by atoms with E-state index in [1.165, 1.54) is 0 Å². The van der Waals surface area contributed by atoms with Crippen LogP contribution >= 0.6 is 0 Å². The van der Waals surface area contributed by atoms with E-state index >= 15 is 0 Å². The number of H-pyrrole nitrogens is 1. The van der Waals surface area contributed by atoms with Gasteiger partial charge in [-0.05, 0) is 31.4 Å². The summed E-state index contributed by atoms with van der Waals surface area (Å²) in [5.41, 5.74) is 8.13. The van der Waals surface area contributed by atoms with E-state index in [1.54, 1.807) is 6.08 Å². The molecule has 4 heteroatoms. The predicted octanol–water partition coefficient (Wildman–Crippen LogP) is 2.12. The average molecular weight is 271 g/mol. The van der Waals surface area contributed by atoms with Crippen LogP contribution in [-0.4, -0.2) is 23.0 Å². The van der Waals surface area contributed by atoms with Gasteiger partial charge in [0.2, 0.25) is 5.91 Å². The lowest BCUT2D eigenvalue weighted by Crippen LogP contribution is -2.45. The molecule has 0 aliphatic heterocycles. The van der Waals surface area contributed by atoms with Crippen molar-refractivity contribution in [3.8, 4) is 0 Å². The van der Waals surface area contributed by atoms with E-state index in [2.05, 4.69) is 16.9 Å². The fourth-order valence-corrected chi connectivity index (χ4v) is 2.29. The molecule has 2 unspecified atom stereocenters. The molecule has 0 aliphatic carbocycles. The minimum atomic E-state index is -0.540. The van der Waals surface area contributed by atoms with Gasteiger partial charge in [0, 0.05) is 23.1 Å². The van der Waals surface area contributed by atoms with Crippen LogP contribution in [0.1, 0.15) is 18.9 Å². The van der Waals surface area contributed by atoms with Crippen molar-refractivity contribution < 1.29 is 4.79 Å². The molecule has 1 amide bonds. The van der Waals surface area contributed by atoms with E-state index in [4.69, 9.17) is 5.73 Å². The van der Waals surface area contributed by atoms with Gasteiger partial charge in [0.05, 0.1) is 6.04 Å². The Bertz CT molecular complexity index is 603. The maximum atomic E-state index is 12.0. The van der Waals surface area contributed by atoms with Crippen molar-refractivity contribution in [1.82, 2.24) is 10.3 Å². The van der Waals surface area contributed by atoms with Crippen LogP contribution in [-0.2, 0) is 11.2 Å². The van der Waals surface area contributed by atoms with Crippen LogP contribution in [0.15, 0.2) is 43.1 Å². The van der Waals surface area contributed by atoms with Crippen LogP contribution in [0.4, 0.5) is 0 Å².